The van der Waals surface area contributed by atoms with Crippen molar-refractivity contribution >= 4 is 11.9 Å². The lowest BCUT2D eigenvalue weighted by atomic mass is 9.65. The Kier molecular flexibility index (Phi) is 4.28. The van der Waals surface area contributed by atoms with Crippen LogP contribution in [0, 0.1) is 5.41 Å². The third kappa shape index (κ3) is 4.02. The van der Waals surface area contributed by atoms with E-state index in [2.05, 4.69) is 5.32 Å². The summed E-state index contributed by atoms with van der Waals surface area (Å²) >= 11 is 0. The van der Waals surface area contributed by atoms with E-state index in [1.54, 1.807) is 0 Å². The molecule has 20 heavy (non-hydrogen) atoms. The Hall–Kier alpha value is -1.45. The molecule has 1 aliphatic carbocycles. The highest BCUT2D eigenvalue weighted by Crippen LogP contribution is 2.55. The predicted octanol–water partition coefficient (Wildman–Crippen LogP) is 1.48. The van der Waals surface area contributed by atoms with Crippen molar-refractivity contribution in [2.45, 2.75) is 37.4 Å². The van der Waals surface area contributed by atoms with Gasteiger partial charge in [0.2, 0.25) is 5.92 Å². The van der Waals surface area contributed by atoms with Crippen molar-refractivity contribution in [1.29, 1.82) is 0 Å². The second kappa shape index (κ2) is 5.15. The quantitative estimate of drug-likeness (QED) is 0.639. The van der Waals surface area contributed by atoms with Crippen LogP contribution < -0.4 is 5.32 Å². The van der Waals surface area contributed by atoms with E-state index in [1.165, 1.54) is 0 Å². The van der Waals surface area contributed by atoms with Gasteiger partial charge in [-0.05, 0) is 11.8 Å². The molecule has 1 spiro atoms. The fourth-order valence-electron chi connectivity index (χ4n) is 2.41. The molecule has 1 saturated heterocycles. The number of halogens is 5. The van der Waals surface area contributed by atoms with E-state index in [9.17, 15) is 26.7 Å². The van der Waals surface area contributed by atoms with E-state index in [0.717, 1.165) is 0 Å². The second-order valence-electron chi connectivity index (χ2n) is 4.99. The largest absolute Gasteiger partial charge is 0.490 e. The summed E-state index contributed by atoms with van der Waals surface area (Å²) in [6, 6.07) is -0.629. The van der Waals surface area contributed by atoms with Crippen molar-refractivity contribution in [2.24, 2.45) is 5.41 Å². The standard InChI is InChI=1S/C8H11F2NO2.C2HF3O2/c9-8(10)2-7(3-8)1-5(6(12)13)11-4-7;3-2(4,5)1(6)7/h5,11H,1-4H2,(H,12,13);(H,6,7). The van der Waals surface area contributed by atoms with E-state index in [-0.39, 0.29) is 12.8 Å². The van der Waals surface area contributed by atoms with Crippen LogP contribution in [0.3, 0.4) is 0 Å². The molecule has 0 aromatic heterocycles. The van der Waals surface area contributed by atoms with Crippen LogP contribution in [0.5, 0.6) is 0 Å². The zero-order chi connectivity index (χ0) is 15.8. The van der Waals surface area contributed by atoms with Gasteiger partial charge in [0.15, 0.2) is 0 Å². The Morgan fingerprint density at radius 2 is 1.60 bits per heavy atom. The summed E-state index contributed by atoms with van der Waals surface area (Å²) in [7, 11) is 0. The fraction of sp³-hybridized carbons (Fsp3) is 0.800. The van der Waals surface area contributed by atoms with Crippen molar-refractivity contribution in [1.82, 2.24) is 5.32 Å². The van der Waals surface area contributed by atoms with Gasteiger partial charge in [-0.15, -0.1) is 0 Å². The molecule has 1 aliphatic heterocycles. The summed E-state index contributed by atoms with van der Waals surface area (Å²) in [5, 5.41) is 18.5. The summed E-state index contributed by atoms with van der Waals surface area (Å²) in [6.45, 7) is 0.416. The number of carboxylic acid groups (broad SMARTS) is 2. The number of aliphatic carboxylic acids is 2. The van der Waals surface area contributed by atoms with E-state index in [0.29, 0.717) is 13.0 Å². The summed E-state index contributed by atoms with van der Waals surface area (Å²) in [4.78, 5) is 19.4. The molecule has 2 aliphatic rings. The van der Waals surface area contributed by atoms with Crippen molar-refractivity contribution < 1.29 is 41.8 Å². The minimum atomic E-state index is -5.08. The number of alkyl halides is 5. The van der Waals surface area contributed by atoms with Crippen LogP contribution in [-0.4, -0.2) is 46.8 Å². The molecule has 0 amide bonds. The number of hydrogen-bond donors (Lipinski definition) is 3. The number of carboxylic acids is 2. The van der Waals surface area contributed by atoms with Gasteiger partial charge in [0.1, 0.15) is 6.04 Å². The first-order chi connectivity index (χ1) is 8.87. The molecule has 1 unspecified atom stereocenters. The molecule has 0 aromatic rings. The third-order valence-electron chi connectivity index (χ3n) is 3.17. The number of carbonyl (C=O) groups is 2. The van der Waals surface area contributed by atoms with Gasteiger partial charge in [-0.25, -0.2) is 13.6 Å². The zero-order valence-electron chi connectivity index (χ0n) is 10.0. The van der Waals surface area contributed by atoms with Gasteiger partial charge in [-0.1, -0.05) is 0 Å². The van der Waals surface area contributed by atoms with Crippen molar-refractivity contribution in [3.8, 4) is 0 Å². The van der Waals surface area contributed by atoms with Crippen LogP contribution in [0.25, 0.3) is 0 Å². The predicted molar refractivity (Wildman–Crippen MR) is 54.3 cm³/mol. The molecule has 0 radical (unpaired) electrons. The number of rotatable bonds is 1. The average molecular weight is 305 g/mol. The molecular weight excluding hydrogens is 293 g/mol. The first-order valence-electron chi connectivity index (χ1n) is 5.51. The van der Waals surface area contributed by atoms with E-state index in [1.807, 2.05) is 0 Å². The topological polar surface area (TPSA) is 86.6 Å². The maximum absolute atomic E-state index is 12.6. The molecule has 3 N–H and O–H groups in total. The molecule has 0 bridgehead atoms. The van der Waals surface area contributed by atoms with Crippen LogP contribution in [0.1, 0.15) is 19.3 Å². The zero-order valence-corrected chi connectivity index (χ0v) is 10.0. The molecule has 10 heteroatoms. The molecule has 1 atom stereocenters. The molecule has 116 valence electrons. The third-order valence-corrected chi connectivity index (χ3v) is 3.17. The smallest absolute Gasteiger partial charge is 0.480 e. The van der Waals surface area contributed by atoms with Crippen LogP contribution in [0.15, 0.2) is 0 Å². The van der Waals surface area contributed by atoms with Crippen LogP contribution in [0.2, 0.25) is 0 Å². The molecule has 1 saturated carbocycles. The van der Waals surface area contributed by atoms with Gasteiger partial charge in [-0.3, -0.25) is 4.79 Å². The highest BCUT2D eigenvalue weighted by Gasteiger charge is 2.59. The normalized spacial score (nSPS) is 26.4. The lowest BCUT2D eigenvalue weighted by Crippen LogP contribution is -2.47. The molecule has 2 rings (SSSR count). The first-order valence-corrected chi connectivity index (χ1v) is 5.51. The maximum Gasteiger partial charge on any atom is 0.490 e. The molecule has 2 fully saturated rings. The maximum atomic E-state index is 12.6. The lowest BCUT2D eigenvalue weighted by Gasteiger charge is -2.44. The van der Waals surface area contributed by atoms with E-state index < -0.39 is 35.5 Å². The molecule has 0 aromatic carbocycles. The Morgan fingerprint density at radius 1 is 1.15 bits per heavy atom. The van der Waals surface area contributed by atoms with Crippen molar-refractivity contribution in [3.05, 3.63) is 0 Å². The minimum absolute atomic E-state index is 0.156. The lowest BCUT2D eigenvalue weighted by molar-refractivity contribution is -0.192. The van der Waals surface area contributed by atoms with Gasteiger partial charge in [-0.2, -0.15) is 13.2 Å². The van der Waals surface area contributed by atoms with Gasteiger partial charge in [0, 0.05) is 19.4 Å². The first kappa shape index (κ1) is 16.6. The van der Waals surface area contributed by atoms with Gasteiger partial charge in [0.05, 0.1) is 0 Å². The average Bonchev–Trinajstić information content (AvgIpc) is 2.59. The van der Waals surface area contributed by atoms with Crippen LogP contribution >= 0.6 is 0 Å². The van der Waals surface area contributed by atoms with E-state index >= 15 is 0 Å². The Labute approximate surface area is 109 Å². The SMILES string of the molecule is O=C(O)C(F)(F)F.O=C(O)C1CC2(CN1)CC(F)(F)C2. The highest BCUT2D eigenvalue weighted by atomic mass is 19.4. The summed E-state index contributed by atoms with van der Waals surface area (Å²) in [5.41, 5.74) is -0.438. The van der Waals surface area contributed by atoms with Crippen LogP contribution in [-0.2, 0) is 9.59 Å². The van der Waals surface area contributed by atoms with Gasteiger partial charge in [0.25, 0.3) is 0 Å². The Bertz CT molecular complexity index is 401. The summed E-state index contributed by atoms with van der Waals surface area (Å²) in [5.74, 6) is -6.26. The minimum Gasteiger partial charge on any atom is -0.480 e. The number of hydrogen-bond acceptors (Lipinski definition) is 3. The number of nitrogens with one attached hydrogen (secondary N) is 1. The van der Waals surface area contributed by atoms with Gasteiger partial charge >= 0.3 is 18.1 Å². The van der Waals surface area contributed by atoms with E-state index in [4.69, 9.17) is 15.0 Å². The molecule has 1 heterocycles. The Balaban J connectivity index is 0.000000246. The highest BCUT2D eigenvalue weighted by molar-refractivity contribution is 5.74. The summed E-state index contributed by atoms with van der Waals surface area (Å²) < 4.78 is 56.9. The van der Waals surface area contributed by atoms with Crippen molar-refractivity contribution in [3.63, 3.8) is 0 Å². The fourth-order valence-corrected chi connectivity index (χ4v) is 2.41. The van der Waals surface area contributed by atoms with Crippen molar-refractivity contribution in [2.75, 3.05) is 6.54 Å². The second-order valence-corrected chi connectivity index (χ2v) is 4.99. The molecular formula is C10H12F5NO4. The summed E-state index contributed by atoms with van der Waals surface area (Å²) in [6.07, 6.45) is -5.05. The monoisotopic (exact) mass is 305 g/mol. The van der Waals surface area contributed by atoms with Crippen LogP contribution in [0.4, 0.5) is 22.0 Å². The Morgan fingerprint density at radius 3 is 1.85 bits per heavy atom. The van der Waals surface area contributed by atoms with Gasteiger partial charge < -0.3 is 15.5 Å². The molecule has 5 nitrogen and oxygen atoms in total.